The number of hydrogen-bond donors (Lipinski definition) is 0. The lowest BCUT2D eigenvalue weighted by Gasteiger charge is -2.16. The van der Waals surface area contributed by atoms with Crippen molar-refractivity contribution in [2.24, 2.45) is 0 Å². The van der Waals surface area contributed by atoms with Crippen molar-refractivity contribution in [2.45, 2.75) is 13.1 Å². The molecule has 0 bridgehead atoms. The number of rotatable bonds is 4. The van der Waals surface area contributed by atoms with Crippen LogP contribution in [0, 0.1) is 11.3 Å². The number of ether oxygens (including phenoxy) is 1. The zero-order valence-electron chi connectivity index (χ0n) is 7.96. The van der Waals surface area contributed by atoms with Crippen LogP contribution in [0.25, 0.3) is 0 Å². The summed E-state index contributed by atoms with van der Waals surface area (Å²) in [5, 5.41) is 8.33. The van der Waals surface area contributed by atoms with Gasteiger partial charge in [-0.25, -0.2) is 4.79 Å². The fraction of sp³-hybridized carbons (Fsp3) is 0.333. The van der Waals surface area contributed by atoms with E-state index in [9.17, 15) is 4.79 Å². The summed E-state index contributed by atoms with van der Waals surface area (Å²) in [4.78, 5) is 11.0. The highest BCUT2D eigenvalue weighted by Crippen LogP contribution is 2.04. The van der Waals surface area contributed by atoms with E-state index < -0.39 is 14.0 Å². The number of nitrogens with zero attached hydrogens (tertiary/aromatic N) is 1. The SMILES string of the molecule is C=C[Si](C)(C)COC(=O)C(=C)C#N. The molecule has 0 atom stereocenters. The monoisotopic (exact) mass is 195 g/mol. The summed E-state index contributed by atoms with van der Waals surface area (Å²) < 4.78 is 4.88. The molecule has 3 nitrogen and oxygen atoms in total. The van der Waals surface area contributed by atoms with Crippen molar-refractivity contribution in [3.8, 4) is 6.07 Å². The third-order valence-corrected chi connectivity index (χ3v) is 3.50. The molecule has 0 amide bonds. The number of esters is 1. The molecule has 70 valence electrons. The highest BCUT2D eigenvalue weighted by molar-refractivity contribution is 6.82. The van der Waals surface area contributed by atoms with Crippen molar-refractivity contribution in [2.75, 3.05) is 6.23 Å². The van der Waals surface area contributed by atoms with E-state index in [-0.39, 0.29) is 5.57 Å². The Hall–Kier alpha value is -1.34. The standard InChI is InChI=1S/C9H13NO2Si/c1-5-13(3,4)7-12-9(11)8(2)6-10/h5H,1-2,7H2,3-4H3. The second kappa shape index (κ2) is 4.63. The Morgan fingerprint density at radius 2 is 2.23 bits per heavy atom. The van der Waals surface area contributed by atoms with Gasteiger partial charge in [0.05, 0.1) is 6.23 Å². The van der Waals surface area contributed by atoms with E-state index in [4.69, 9.17) is 10.00 Å². The molecule has 0 aromatic heterocycles. The van der Waals surface area contributed by atoms with Crippen molar-refractivity contribution in [3.05, 3.63) is 24.4 Å². The van der Waals surface area contributed by atoms with E-state index in [0.717, 1.165) is 0 Å². The van der Waals surface area contributed by atoms with E-state index in [0.29, 0.717) is 6.23 Å². The van der Waals surface area contributed by atoms with Crippen LogP contribution in [0.5, 0.6) is 0 Å². The lowest BCUT2D eigenvalue weighted by molar-refractivity contribution is -0.136. The molecule has 0 aliphatic heterocycles. The molecule has 0 aliphatic rings. The molecular weight excluding hydrogens is 182 g/mol. The first-order valence-electron chi connectivity index (χ1n) is 3.82. The normalized spacial score (nSPS) is 9.92. The summed E-state index contributed by atoms with van der Waals surface area (Å²) in [5.41, 5.74) is 1.67. The lowest BCUT2D eigenvalue weighted by atomic mass is 10.3. The zero-order chi connectivity index (χ0) is 10.5. The molecule has 0 fully saturated rings. The zero-order valence-corrected chi connectivity index (χ0v) is 8.96. The first kappa shape index (κ1) is 11.7. The third-order valence-electron chi connectivity index (χ3n) is 1.51. The molecule has 0 N–H and O–H groups in total. The first-order valence-corrected chi connectivity index (χ1v) is 7.11. The summed E-state index contributed by atoms with van der Waals surface area (Å²) in [7, 11) is -1.63. The van der Waals surface area contributed by atoms with Crippen LogP contribution in [0.2, 0.25) is 13.1 Å². The summed E-state index contributed by atoms with van der Waals surface area (Å²) in [6.45, 7) is 10.9. The van der Waals surface area contributed by atoms with E-state index in [1.165, 1.54) is 0 Å². The molecule has 0 saturated heterocycles. The van der Waals surface area contributed by atoms with E-state index >= 15 is 0 Å². The number of carbonyl (C=O) groups is 1. The van der Waals surface area contributed by atoms with Crippen LogP contribution in [-0.4, -0.2) is 20.3 Å². The highest BCUT2D eigenvalue weighted by atomic mass is 28.3. The van der Waals surface area contributed by atoms with Gasteiger partial charge in [0.15, 0.2) is 0 Å². The summed E-state index contributed by atoms with van der Waals surface area (Å²) >= 11 is 0. The van der Waals surface area contributed by atoms with Crippen LogP contribution in [0.4, 0.5) is 0 Å². The largest absolute Gasteiger partial charge is 0.465 e. The van der Waals surface area contributed by atoms with Gasteiger partial charge in [0.1, 0.15) is 19.7 Å². The van der Waals surface area contributed by atoms with Gasteiger partial charge in [-0.3, -0.25) is 0 Å². The smallest absolute Gasteiger partial charge is 0.347 e. The van der Waals surface area contributed by atoms with Gasteiger partial charge >= 0.3 is 5.97 Å². The molecule has 0 aliphatic carbocycles. The highest BCUT2D eigenvalue weighted by Gasteiger charge is 2.19. The van der Waals surface area contributed by atoms with E-state index in [2.05, 4.69) is 13.2 Å². The van der Waals surface area contributed by atoms with Crippen LogP contribution in [-0.2, 0) is 9.53 Å². The molecule has 4 heteroatoms. The number of nitriles is 1. The van der Waals surface area contributed by atoms with Crippen molar-refractivity contribution in [1.82, 2.24) is 0 Å². The predicted molar refractivity (Wildman–Crippen MR) is 53.4 cm³/mol. The van der Waals surface area contributed by atoms with Crippen LogP contribution in [0.1, 0.15) is 0 Å². The van der Waals surface area contributed by atoms with Crippen LogP contribution in [0.15, 0.2) is 24.4 Å². The van der Waals surface area contributed by atoms with Gasteiger partial charge in [-0.1, -0.05) is 25.4 Å². The Labute approximate surface area is 79.3 Å². The van der Waals surface area contributed by atoms with Gasteiger partial charge < -0.3 is 4.74 Å². The van der Waals surface area contributed by atoms with Gasteiger partial charge in [-0.15, -0.1) is 6.58 Å². The fourth-order valence-corrected chi connectivity index (χ4v) is 1.06. The second-order valence-corrected chi connectivity index (χ2v) is 8.03. The number of hydrogen-bond acceptors (Lipinski definition) is 3. The van der Waals surface area contributed by atoms with Crippen molar-refractivity contribution < 1.29 is 9.53 Å². The second-order valence-electron chi connectivity index (χ2n) is 3.36. The first-order chi connectivity index (χ1) is 5.93. The van der Waals surface area contributed by atoms with Gasteiger partial charge in [0.25, 0.3) is 0 Å². The maximum Gasteiger partial charge on any atom is 0.347 e. The average molecular weight is 195 g/mol. The lowest BCUT2D eigenvalue weighted by Crippen LogP contribution is -2.31. The van der Waals surface area contributed by atoms with E-state index in [1.54, 1.807) is 6.07 Å². The molecule has 0 radical (unpaired) electrons. The molecule has 13 heavy (non-hydrogen) atoms. The van der Waals surface area contributed by atoms with Gasteiger partial charge in [0, 0.05) is 0 Å². The van der Waals surface area contributed by atoms with Crippen molar-refractivity contribution in [3.63, 3.8) is 0 Å². The Balaban J connectivity index is 4.06. The minimum atomic E-state index is -1.63. The van der Waals surface area contributed by atoms with Gasteiger partial charge in [-0.2, -0.15) is 5.26 Å². The molecule has 0 saturated carbocycles. The Morgan fingerprint density at radius 1 is 1.69 bits per heavy atom. The quantitative estimate of drug-likeness (QED) is 0.296. The van der Waals surface area contributed by atoms with Gasteiger partial charge in [0.2, 0.25) is 0 Å². The van der Waals surface area contributed by atoms with Crippen molar-refractivity contribution >= 4 is 14.0 Å². The topological polar surface area (TPSA) is 50.1 Å². The molecular formula is C9H13NO2Si. The molecule has 0 aromatic carbocycles. The Kier molecular flexibility index (Phi) is 4.15. The molecule has 0 heterocycles. The summed E-state index contributed by atoms with van der Waals surface area (Å²) in [6, 6.07) is 1.64. The molecule has 0 unspecified atom stereocenters. The van der Waals surface area contributed by atoms with Crippen molar-refractivity contribution in [1.29, 1.82) is 5.26 Å². The molecule has 0 rings (SSSR count). The van der Waals surface area contributed by atoms with Gasteiger partial charge in [-0.05, 0) is 0 Å². The number of carbonyl (C=O) groups excluding carboxylic acids is 1. The minimum absolute atomic E-state index is 0.158. The molecule has 0 aromatic rings. The Bertz CT molecular complexity index is 276. The molecule has 0 spiro atoms. The minimum Gasteiger partial charge on any atom is -0.465 e. The predicted octanol–water partition coefficient (Wildman–Crippen LogP) is 1.58. The Morgan fingerprint density at radius 3 is 2.62 bits per heavy atom. The van der Waals surface area contributed by atoms with Crippen LogP contribution < -0.4 is 0 Å². The maximum absolute atomic E-state index is 11.0. The summed E-state index contributed by atoms with van der Waals surface area (Å²) in [6.07, 6.45) is 0.343. The van der Waals surface area contributed by atoms with E-state index in [1.807, 2.05) is 18.8 Å². The van der Waals surface area contributed by atoms with Crippen LogP contribution >= 0.6 is 0 Å². The third kappa shape index (κ3) is 4.28. The van der Waals surface area contributed by atoms with Crippen LogP contribution in [0.3, 0.4) is 0 Å². The average Bonchev–Trinajstić information content (AvgIpc) is 2.13. The summed E-state index contributed by atoms with van der Waals surface area (Å²) in [5.74, 6) is -0.634. The fourth-order valence-electron chi connectivity index (χ4n) is 0.443. The maximum atomic E-state index is 11.0.